The lowest BCUT2D eigenvalue weighted by molar-refractivity contribution is 0.103. The van der Waals surface area contributed by atoms with Crippen molar-refractivity contribution in [3.05, 3.63) is 88.9 Å². The average Bonchev–Trinajstić information content (AvgIpc) is 3.26. The van der Waals surface area contributed by atoms with E-state index in [2.05, 4.69) is 11.6 Å². The van der Waals surface area contributed by atoms with Gasteiger partial charge in [-0.15, -0.1) is 0 Å². The third-order valence-corrected chi connectivity index (χ3v) is 6.28. The van der Waals surface area contributed by atoms with Crippen molar-refractivity contribution in [2.24, 2.45) is 4.99 Å². The summed E-state index contributed by atoms with van der Waals surface area (Å²) in [6.07, 6.45) is 2.18. The summed E-state index contributed by atoms with van der Waals surface area (Å²) in [5, 5.41) is 0.556. The number of para-hydroxylation sites is 1. The van der Waals surface area contributed by atoms with Crippen LogP contribution in [0.1, 0.15) is 40.4 Å². The molecule has 0 saturated carbocycles. The quantitative estimate of drug-likeness (QED) is 0.249. The van der Waals surface area contributed by atoms with Crippen LogP contribution in [0.3, 0.4) is 0 Å². The number of aromatic nitrogens is 1. The molecule has 0 unspecified atom stereocenters. The summed E-state index contributed by atoms with van der Waals surface area (Å²) in [6.45, 7) is 8.10. The zero-order chi connectivity index (χ0) is 25.0. The molecule has 2 heterocycles. The van der Waals surface area contributed by atoms with Gasteiger partial charge in [-0.25, -0.2) is 13.2 Å². The number of benzene rings is 3. The molecule has 176 valence electrons. The number of rotatable bonds is 4. The largest absolute Gasteiger partial charge is 0.494 e. The zero-order valence-corrected chi connectivity index (χ0v) is 19.4. The van der Waals surface area contributed by atoms with Gasteiger partial charge in [-0.2, -0.15) is 0 Å². The molecule has 35 heavy (non-hydrogen) atoms. The van der Waals surface area contributed by atoms with Crippen LogP contribution >= 0.6 is 0 Å². The van der Waals surface area contributed by atoms with E-state index in [9.17, 15) is 18.0 Å². The first-order valence-electron chi connectivity index (χ1n) is 10.9. The Kier molecular flexibility index (Phi) is 5.35. The third-order valence-electron chi connectivity index (χ3n) is 6.28. The Hall–Kier alpha value is -4.13. The topological polar surface area (TPSA) is 54.5 Å². The molecule has 0 fully saturated rings. The van der Waals surface area contributed by atoms with Crippen LogP contribution in [0, 0.1) is 24.4 Å². The number of ketones is 1. The highest BCUT2D eigenvalue weighted by molar-refractivity contribution is 6.18. The second-order valence-corrected chi connectivity index (χ2v) is 8.64. The fourth-order valence-electron chi connectivity index (χ4n) is 4.72. The molecule has 0 spiro atoms. The first-order valence-corrected chi connectivity index (χ1v) is 10.9. The van der Waals surface area contributed by atoms with Crippen molar-refractivity contribution in [1.29, 1.82) is 0 Å². The fourth-order valence-corrected chi connectivity index (χ4v) is 4.72. The molecule has 0 atom stereocenters. The number of carbonyl (C=O) groups excluding carboxylic acids is 1. The number of aromatic amines is 1. The number of ether oxygens (including phenoxy) is 1. The number of methoxy groups -OCH3 is 1. The van der Waals surface area contributed by atoms with Gasteiger partial charge in [0.15, 0.2) is 29.0 Å². The van der Waals surface area contributed by atoms with Crippen LogP contribution in [0.2, 0.25) is 0 Å². The van der Waals surface area contributed by atoms with Crippen LogP contribution in [-0.2, 0) is 0 Å². The summed E-state index contributed by atoms with van der Waals surface area (Å²) in [6, 6.07) is 8.86. The molecule has 1 N–H and O–H groups in total. The first-order chi connectivity index (χ1) is 16.7. The standard InChI is InChI=1S/C28H21F3N2O2/c1-13-8-15(3)33-26-19(13)9-14(2)23(28(26)35-4)18-7-5-6-17-20(12-32-25(17)18)27(34)16-10-21(29)24(31)22(30)11-16/h5-7,9-12,32H,1,8H2,2-4H3. The lowest BCUT2D eigenvalue weighted by Gasteiger charge is -2.23. The predicted octanol–water partition coefficient (Wildman–Crippen LogP) is 7.31. The van der Waals surface area contributed by atoms with Crippen molar-refractivity contribution in [2.45, 2.75) is 20.3 Å². The van der Waals surface area contributed by atoms with Gasteiger partial charge in [0.1, 0.15) is 5.69 Å². The lowest BCUT2D eigenvalue weighted by Crippen LogP contribution is -2.04. The van der Waals surface area contributed by atoms with Crippen LogP contribution in [-0.4, -0.2) is 23.6 Å². The molecule has 0 radical (unpaired) electrons. The monoisotopic (exact) mass is 474 g/mol. The third kappa shape index (κ3) is 3.55. The van der Waals surface area contributed by atoms with Crippen molar-refractivity contribution < 1.29 is 22.7 Å². The van der Waals surface area contributed by atoms with Crippen molar-refractivity contribution in [3.8, 4) is 16.9 Å². The van der Waals surface area contributed by atoms with Crippen molar-refractivity contribution in [3.63, 3.8) is 0 Å². The highest BCUT2D eigenvalue weighted by Gasteiger charge is 2.25. The number of fused-ring (bicyclic) bond motifs is 2. The lowest BCUT2D eigenvalue weighted by atomic mass is 9.89. The molecular formula is C28H21F3N2O2. The Labute approximate surface area is 199 Å². The molecule has 1 aromatic heterocycles. The van der Waals surface area contributed by atoms with Crippen LogP contribution in [0.25, 0.3) is 27.6 Å². The molecule has 1 aliphatic rings. The van der Waals surface area contributed by atoms with Crippen LogP contribution in [0.4, 0.5) is 18.9 Å². The van der Waals surface area contributed by atoms with Gasteiger partial charge < -0.3 is 9.72 Å². The number of aliphatic imine (C=N–C) groups is 1. The maximum absolute atomic E-state index is 13.8. The van der Waals surface area contributed by atoms with Gasteiger partial charge in [-0.05, 0) is 43.2 Å². The molecule has 7 heteroatoms. The highest BCUT2D eigenvalue weighted by Crippen LogP contribution is 2.48. The van der Waals surface area contributed by atoms with Gasteiger partial charge in [0.2, 0.25) is 0 Å². The van der Waals surface area contributed by atoms with Gasteiger partial charge >= 0.3 is 0 Å². The molecular weight excluding hydrogens is 453 g/mol. The van der Waals surface area contributed by atoms with E-state index in [0.717, 1.165) is 33.5 Å². The summed E-state index contributed by atoms with van der Waals surface area (Å²) in [5.41, 5.74) is 6.64. The SMILES string of the molecule is C=C1CC(C)=Nc2c1cc(C)c(-c1cccc3c(C(=O)c4cc(F)c(F)c(F)c4)c[nH]c13)c2OC. The molecule has 1 aliphatic heterocycles. The molecule has 0 aliphatic carbocycles. The Morgan fingerprint density at radius 1 is 1.09 bits per heavy atom. The maximum Gasteiger partial charge on any atom is 0.195 e. The summed E-state index contributed by atoms with van der Waals surface area (Å²) in [7, 11) is 1.59. The molecule has 4 aromatic rings. The van der Waals surface area contributed by atoms with Crippen LogP contribution in [0.5, 0.6) is 5.75 Å². The Bertz CT molecular complexity index is 1570. The minimum atomic E-state index is -1.61. The number of halogens is 3. The minimum Gasteiger partial charge on any atom is -0.494 e. The number of aryl methyl sites for hydroxylation is 1. The number of H-pyrrole nitrogens is 1. The molecule has 5 rings (SSSR count). The van der Waals surface area contributed by atoms with Gasteiger partial charge in [-0.1, -0.05) is 24.8 Å². The second-order valence-electron chi connectivity index (χ2n) is 8.64. The van der Waals surface area contributed by atoms with E-state index in [1.807, 2.05) is 26.0 Å². The summed E-state index contributed by atoms with van der Waals surface area (Å²) >= 11 is 0. The maximum atomic E-state index is 13.8. The van der Waals surface area contributed by atoms with Crippen LogP contribution in [0.15, 0.2) is 54.2 Å². The van der Waals surface area contributed by atoms with Gasteiger partial charge in [-0.3, -0.25) is 9.79 Å². The smallest absolute Gasteiger partial charge is 0.195 e. The summed E-state index contributed by atoms with van der Waals surface area (Å²) in [5.74, 6) is -4.48. The number of nitrogens with one attached hydrogen (secondary N) is 1. The number of nitrogens with zero attached hydrogens (tertiary/aromatic N) is 1. The van der Waals surface area contributed by atoms with Crippen molar-refractivity contribution in [1.82, 2.24) is 4.98 Å². The van der Waals surface area contributed by atoms with Gasteiger partial charge in [0.25, 0.3) is 0 Å². The van der Waals surface area contributed by atoms with Crippen molar-refractivity contribution in [2.75, 3.05) is 7.11 Å². The fraction of sp³-hybridized carbons (Fsp3) is 0.143. The molecule has 4 nitrogen and oxygen atoms in total. The second kappa shape index (κ2) is 8.27. The normalized spacial score (nSPS) is 13.1. The number of hydrogen-bond donors (Lipinski definition) is 1. The first kappa shape index (κ1) is 22.7. The Morgan fingerprint density at radius 2 is 1.80 bits per heavy atom. The molecule has 0 bridgehead atoms. The zero-order valence-electron chi connectivity index (χ0n) is 19.4. The van der Waals surface area contributed by atoms with E-state index < -0.39 is 23.2 Å². The summed E-state index contributed by atoms with van der Waals surface area (Å²) < 4.78 is 46.7. The van der Waals surface area contributed by atoms with Crippen molar-refractivity contribution >= 4 is 33.7 Å². The van der Waals surface area contributed by atoms with Crippen LogP contribution < -0.4 is 4.74 Å². The summed E-state index contributed by atoms with van der Waals surface area (Å²) in [4.78, 5) is 21.0. The van der Waals surface area contributed by atoms with E-state index in [0.29, 0.717) is 40.9 Å². The highest BCUT2D eigenvalue weighted by atomic mass is 19.2. The Morgan fingerprint density at radius 3 is 2.49 bits per heavy atom. The minimum absolute atomic E-state index is 0.212. The Balaban J connectivity index is 1.71. The molecule has 3 aromatic carbocycles. The van der Waals surface area contributed by atoms with E-state index >= 15 is 0 Å². The predicted molar refractivity (Wildman–Crippen MR) is 131 cm³/mol. The molecule has 0 saturated heterocycles. The van der Waals surface area contributed by atoms with Gasteiger partial charge in [0, 0.05) is 51.5 Å². The number of carbonyl (C=O) groups is 1. The molecule has 0 amide bonds. The van der Waals surface area contributed by atoms with E-state index in [1.165, 1.54) is 6.20 Å². The van der Waals surface area contributed by atoms with E-state index in [-0.39, 0.29) is 11.1 Å². The average molecular weight is 474 g/mol. The van der Waals surface area contributed by atoms with Gasteiger partial charge in [0.05, 0.1) is 12.6 Å². The van der Waals surface area contributed by atoms with E-state index in [1.54, 1.807) is 19.2 Å². The number of hydrogen-bond acceptors (Lipinski definition) is 3. The number of allylic oxidation sites excluding steroid dienone is 1. The van der Waals surface area contributed by atoms with E-state index in [4.69, 9.17) is 9.73 Å².